The van der Waals surface area contributed by atoms with E-state index in [1.807, 2.05) is 0 Å². The SMILES string of the molecule is COc1ccc(S(=O)(=O)Nc2c(C)ccn(CC(=O)NCCON=C(N)N)c2=O)cc1OC.O=C(O)C(F)(F)F. The number of nitrogens with zero attached hydrogens (tertiary/aromatic N) is 2. The minimum atomic E-state index is -5.08. The number of anilines is 1. The van der Waals surface area contributed by atoms with Crippen molar-refractivity contribution in [1.82, 2.24) is 9.88 Å². The molecule has 1 heterocycles. The number of halogens is 3. The molecule has 2 aromatic rings. The van der Waals surface area contributed by atoms with E-state index in [0.29, 0.717) is 11.3 Å². The number of carboxylic acid groups (broad SMARTS) is 1. The molecule has 222 valence electrons. The van der Waals surface area contributed by atoms with Crippen molar-refractivity contribution in [3.63, 3.8) is 0 Å². The molecule has 0 spiro atoms. The van der Waals surface area contributed by atoms with Crippen molar-refractivity contribution < 1.29 is 50.6 Å². The molecule has 0 radical (unpaired) electrons. The number of pyridine rings is 1. The molecule has 0 aliphatic rings. The summed E-state index contributed by atoms with van der Waals surface area (Å²) < 4.78 is 71.1. The lowest BCUT2D eigenvalue weighted by Crippen LogP contribution is -2.35. The Labute approximate surface area is 225 Å². The third-order valence-corrected chi connectivity index (χ3v) is 5.86. The standard InChI is InChI=1S/C19H26N6O7S.C2HF3O2/c1-12-6-8-25(11-16(26)22-7-9-32-23-19(20)21)18(27)17(12)24-33(28,29)13-4-5-14(30-2)15(10-13)31-3;3-2(4,5)1(6)7/h4-6,8,10,24H,7,9,11H2,1-3H3,(H,22,26)(H4,20,21,23);(H,6,7). The zero-order chi connectivity index (χ0) is 30.7. The van der Waals surface area contributed by atoms with E-state index in [0.717, 1.165) is 4.57 Å². The van der Waals surface area contributed by atoms with Gasteiger partial charge in [-0.15, -0.1) is 0 Å². The summed E-state index contributed by atoms with van der Waals surface area (Å²) in [4.78, 5) is 38.5. The lowest BCUT2D eigenvalue weighted by Gasteiger charge is -2.14. The van der Waals surface area contributed by atoms with Crippen molar-refractivity contribution in [2.75, 3.05) is 32.1 Å². The molecule has 1 amide bonds. The molecule has 0 aliphatic carbocycles. The van der Waals surface area contributed by atoms with Crippen LogP contribution in [0.2, 0.25) is 0 Å². The number of carbonyl (C=O) groups excluding carboxylic acids is 1. The lowest BCUT2D eigenvalue weighted by atomic mass is 10.2. The largest absolute Gasteiger partial charge is 0.493 e. The number of guanidine groups is 1. The molecule has 0 unspecified atom stereocenters. The van der Waals surface area contributed by atoms with Gasteiger partial charge in [0.2, 0.25) is 11.9 Å². The highest BCUT2D eigenvalue weighted by Gasteiger charge is 2.38. The average molecular weight is 597 g/mol. The molecule has 15 nitrogen and oxygen atoms in total. The molecule has 0 fully saturated rings. The minimum Gasteiger partial charge on any atom is -0.493 e. The molecule has 2 rings (SSSR count). The predicted octanol–water partition coefficient (Wildman–Crippen LogP) is -0.0708. The van der Waals surface area contributed by atoms with Crippen molar-refractivity contribution in [1.29, 1.82) is 0 Å². The molecule has 19 heteroatoms. The fourth-order valence-electron chi connectivity index (χ4n) is 2.66. The Balaban J connectivity index is 0.00000101. The van der Waals surface area contributed by atoms with Gasteiger partial charge in [0.15, 0.2) is 11.5 Å². The van der Waals surface area contributed by atoms with Crippen molar-refractivity contribution in [2.45, 2.75) is 24.5 Å². The molecule has 0 bridgehead atoms. The van der Waals surface area contributed by atoms with Crippen molar-refractivity contribution in [3.8, 4) is 11.5 Å². The van der Waals surface area contributed by atoms with Crippen molar-refractivity contribution in [2.24, 2.45) is 16.6 Å². The van der Waals surface area contributed by atoms with E-state index in [9.17, 15) is 31.2 Å². The third kappa shape index (κ3) is 10.2. The second-order valence-corrected chi connectivity index (χ2v) is 9.11. The normalized spacial score (nSPS) is 10.8. The molecule has 0 aliphatic heterocycles. The first kappa shape index (κ1) is 33.3. The predicted molar refractivity (Wildman–Crippen MR) is 134 cm³/mol. The number of ether oxygens (including phenoxy) is 2. The smallest absolute Gasteiger partial charge is 0.490 e. The monoisotopic (exact) mass is 596 g/mol. The fourth-order valence-corrected chi connectivity index (χ4v) is 3.80. The Morgan fingerprint density at radius 2 is 1.73 bits per heavy atom. The number of hydrogen-bond acceptors (Lipinski definition) is 9. The van der Waals surface area contributed by atoms with E-state index < -0.39 is 33.6 Å². The van der Waals surface area contributed by atoms with Crippen molar-refractivity contribution >= 4 is 33.5 Å². The molecular formula is C21H27F3N6O9S. The van der Waals surface area contributed by atoms with Gasteiger partial charge in [-0.25, -0.2) is 13.2 Å². The van der Waals surface area contributed by atoms with E-state index in [2.05, 4.69) is 15.2 Å². The van der Waals surface area contributed by atoms with Crippen molar-refractivity contribution in [3.05, 3.63) is 46.4 Å². The van der Waals surface area contributed by atoms with Gasteiger partial charge in [0.05, 0.1) is 25.7 Å². The summed E-state index contributed by atoms with van der Waals surface area (Å²) in [6.45, 7) is 1.34. The summed E-state index contributed by atoms with van der Waals surface area (Å²) >= 11 is 0. The highest BCUT2D eigenvalue weighted by molar-refractivity contribution is 7.92. The van der Waals surface area contributed by atoms with Crippen LogP contribution in [0.5, 0.6) is 11.5 Å². The van der Waals surface area contributed by atoms with Gasteiger partial charge >= 0.3 is 12.1 Å². The Hall–Kier alpha value is -4.68. The first-order valence-electron chi connectivity index (χ1n) is 10.8. The van der Waals surface area contributed by atoms with E-state index in [1.165, 1.54) is 44.7 Å². The number of oxime groups is 1. The summed E-state index contributed by atoms with van der Waals surface area (Å²) in [5, 5.41) is 13.0. The molecule has 40 heavy (non-hydrogen) atoms. The summed E-state index contributed by atoms with van der Waals surface area (Å²) in [5.74, 6) is -2.95. The minimum absolute atomic E-state index is 0.0167. The number of alkyl halides is 3. The van der Waals surface area contributed by atoms with Gasteiger partial charge in [-0.05, 0) is 35.8 Å². The Morgan fingerprint density at radius 1 is 1.12 bits per heavy atom. The molecule has 7 N–H and O–H groups in total. The number of nitrogens with one attached hydrogen (secondary N) is 2. The average Bonchev–Trinajstić information content (AvgIpc) is 2.87. The van der Waals surface area contributed by atoms with E-state index >= 15 is 0 Å². The second-order valence-electron chi connectivity index (χ2n) is 7.43. The fraction of sp³-hybridized carbons (Fsp3) is 0.333. The molecule has 1 aromatic heterocycles. The summed E-state index contributed by atoms with van der Waals surface area (Å²) in [6.07, 6.45) is -3.69. The topological polar surface area (TPSA) is 227 Å². The first-order valence-corrected chi connectivity index (χ1v) is 12.2. The summed E-state index contributed by atoms with van der Waals surface area (Å²) in [7, 11) is -1.34. The summed E-state index contributed by atoms with van der Waals surface area (Å²) in [5.41, 5.74) is 9.72. The number of benzene rings is 1. The Bertz CT molecular complexity index is 1390. The van der Waals surface area contributed by atoms with Crippen LogP contribution in [0.15, 0.2) is 45.3 Å². The van der Waals surface area contributed by atoms with Crippen LogP contribution < -0.4 is 36.5 Å². The maximum absolute atomic E-state index is 12.9. The molecule has 0 saturated carbocycles. The van der Waals surface area contributed by atoms with Gasteiger partial charge in [-0.2, -0.15) is 13.2 Å². The number of carbonyl (C=O) groups is 2. The molecule has 0 saturated heterocycles. The maximum Gasteiger partial charge on any atom is 0.490 e. The number of aromatic nitrogens is 1. The van der Waals surface area contributed by atoms with Crippen LogP contribution in [-0.4, -0.2) is 69.5 Å². The number of aryl methyl sites for hydroxylation is 1. The second kappa shape index (κ2) is 14.5. The van der Waals surface area contributed by atoms with Crippen LogP contribution >= 0.6 is 0 Å². The molecule has 1 aromatic carbocycles. The van der Waals surface area contributed by atoms with Crippen LogP contribution in [0.1, 0.15) is 5.56 Å². The molecular weight excluding hydrogens is 569 g/mol. The van der Waals surface area contributed by atoms with Gasteiger partial charge in [-0.3, -0.25) is 14.3 Å². The lowest BCUT2D eigenvalue weighted by molar-refractivity contribution is -0.192. The van der Waals surface area contributed by atoms with Gasteiger partial charge in [0, 0.05) is 12.3 Å². The van der Waals surface area contributed by atoms with Crippen LogP contribution in [0.4, 0.5) is 18.9 Å². The number of amides is 1. The van der Waals surface area contributed by atoms with Gasteiger partial charge in [0.1, 0.15) is 18.8 Å². The number of sulfonamides is 1. The highest BCUT2D eigenvalue weighted by Crippen LogP contribution is 2.30. The van der Waals surface area contributed by atoms with Crippen LogP contribution in [0.3, 0.4) is 0 Å². The van der Waals surface area contributed by atoms with E-state index in [-0.39, 0.29) is 42.0 Å². The van der Waals surface area contributed by atoms with Crippen LogP contribution in [0.25, 0.3) is 0 Å². The zero-order valence-electron chi connectivity index (χ0n) is 21.3. The number of rotatable bonds is 11. The number of methoxy groups -OCH3 is 2. The maximum atomic E-state index is 12.9. The zero-order valence-corrected chi connectivity index (χ0v) is 22.1. The quantitative estimate of drug-likeness (QED) is 0.0998. The summed E-state index contributed by atoms with van der Waals surface area (Å²) in [6, 6.07) is 5.54. The van der Waals surface area contributed by atoms with Gasteiger partial charge in [0.25, 0.3) is 15.6 Å². The first-order chi connectivity index (χ1) is 18.5. The number of carboxylic acids is 1. The third-order valence-electron chi connectivity index (χ3n) is 4.52. The number of nitrogens with two attached hydrogens (primary N) is 2. The number of aliphatic carboxylic acids is 1. The Kier molecular flexibility index (Phi) is 12.1. The molecule has 0 atom stereocenters. The van der Waals surface area contributed by atoms with E-state index in [4.69, 9.17) is 35.7 Å². The Morgan fingerprint density at radius 3 is 2.25 bits per heavy atom. The van der Waals surface area contributed by atoms with Gasteiger partial charge < -0.3 is 40.8 Å². The van der Waals surface area contributed by atoms with Crippen LogP contribution in [-0.2, 0) is 31.0 Å². The number of hydrogen-bond donors (Lipinski definition) is 5. The van der Waals surface area contributed by atoms with Crippen LogP contribution in [0, 0.1) is 6.92 Å². The van der Waals surface area contributed by atoms with Gasteiger partial charge in [-0.1, -0.05) is 0 Å². The highest BCUT2D eigenvalue weighted by atomic mass is 32.2. The van der Waals surface area contributed by atoms with E-state index in [1.54, 1.807) is 6.92 Å².